The number of ether oxygens (including phenoxy) is 1. The molecule has 0 saturated carbocycles. The van der Waals surface area contributed by atoms with Crippen LogP contribution in [0.4, 0.5) is 5.82 Å². The standard InChI is InChI=1S/C26H29N5O3/c27-25-24-23(18-8-10-22(11-9-18)34-21-6-2-1-3-7-21)14-30(26(24)29-17-28-25)13-19-5-4-12-31(19)20(15-32)16-33/h1-3,6-11,14,17,19-20,32-33H,4-5,12-13,15-16H2,(H2,27,28,29)/t19-/m1/s1. The number of benzene rings is 2. The molecule has 2 aromatic carbocycles. The third-order valence-electron chi connectivity index (χ3n) is 6.55. The second-order valence-electron chi connectivity index (χ2n) is 8.64. The highest BCUT2D eigenvalue weighted by Gasteiger charge is 2.31. The number of nitrogens with zero attached hydrogens (tertiary/aromatic N) is 4. The van der Waals surface area contributed by atoms with Crippen LogP contribution < -0.4 is 10.5 Å². The molecule has 1 saturated heterocycles. The molecule has 0 spiro atoms. The largest absolute Gasteiger partial charge is 0.457 e. The number of aromatic nitrogens is 3. The Bertz CT molecular complexity index is 1240. The Kier molecular flexibility index (Phi) is 6.44. The van der Waals surface area contributed by atoms with Gasteiger partial charge >= 0.3 is 0 Å². The van der Waals surface area contributed by atoms with Crippen LogP contribution in [0.1, 0.15) is 12.8 Å². The maximum atomic E-state index is 9.69. The van der Waals surface area contributed by atoms with Crippen molar-refractivity contribution in [3.63, 3.8) is 0 Å². The number of aliphatic hydroxyl groups is 2. The number of anilines is 1. The van der Waals surface area contributed by atoms with Crippen molar-refractivity contribution in [1.82, 2.24) is 19.4 Å². The van der Waals surface area contributed by atoms with Crippen molar-refractivity contribution in [2.45, 2.75) is 31.5 Å². The number of nitrogens with two attached hydrogens (primary N) is 1. The summed E-state index contributed by atoms with van der Waals surface area (Å²) in [5.74, 6) is 1.98. The van der Waals surface area contributed by atoms with Crippen LogP contribution in [0.25, 0.3) is 22.2 Å². The van der Waals surface area contributed by atoms with Gasteiger partial charge in [-0.3, -0.25) is 4.90 Å². The molecule has 0 unspecified atom stereocenters. The van der Waals surface area contributed by atoms with Crippen LogP contribution in [0.15, 0.2) is 67.1 Å². The van der Waals surface area contributed by atoms with E-state index in [0.717, 1.165) is 53.0 Å². The maximum absolute atomic E-state index is 9.69. The van der Waals surface area contributed by atoms with E-state index in [2.05, 4.69) is 25.6 Å². The number of hydrogen-bond acceptors (Lipinski definition) is 7. The van der Waals surface area contributed by atoms with Crippen LogP contribution in [-0.4, -0.2) is 61.5 Å². The Morgan fingerprint density at radius 3 is 2.47 bits per heavy atom. The van der Waals surface area contributed by atoms with Gasteiger partial charge in [0.15, 0.2) is 0 Å². The van der Waals surface area contributed by atoms with Gasteiger partial charge in [0.05, 0.1) is 24.6 Å². The average molecular weight is 460 g/mol. The van der Waals surface area contributed by atoms with Crippen molar-refractivity contribution in [3.8, 4) is 22.6 Å². The third-order valence-corrected chi connectivity index (χ3v) is 6.55. The van der Waals surface area contributed by atoms with Crippen molar-refractivity contribution >= 4 is 16.9 Å². The molecule has 0 bridgehead atoms. The Hall–Kier alpha value is -3.46. The highest BCUT2D eigenvalue weighted by Crippen LogP contribution is 2.35. The SMILES string of the molecule is Nc1ncnc2c1c(-c1ccc(Oc3ccccc3)cc1)cn2C[C@H]1CCCN1C(CO)CO. The van der Waals surface area contributed by atoms with Crippen LogP contribution in [-0.2, 0) is 6.54 Å². The second kappa shape index (κ2) is 9.80. The first-order valence-electron chi connectivity index (χ1n) is 11.6. The quantitative estimate of drug-likeness (QED) is 0.371. The van der Waals surface area contributed by atoms with Crippen molar-refractivity contribution in [2.75, 3.05) is 25.5 Å². The zero-order chi connectivity index (χ0) is 23.5. The molecule has 3 heterocycles. The van der Waals surface area contributed by atoms with Crippen molar-refractivity contribution < 1.29 is 14.9 Å². The molecule has 8 heteroatoms. The molecule has 1 aliphatic rings. The van der Waals surface area contributed by atoms with E-state index in [1.54, 1.807) is 0 Å². The summed E-state index contributed by atoms with van der Waals surface area (Å²) in [6.45, 7) is 1.44. The number of rotatable bonds is 8. The third kappa shape index (κ3) is 4.35. The molecule has 0 aliphatic carbocycles. The summed E-state index contributed by atoms with van der Waals surface area (Å²) in [5.41, 5.74) is 9.04. The van der Waals surface area contributed by atoms with Crippen molar-refractivity contribution in [3.05, 3.63) is 67.1 Å². The lowest BCUT2D eigenvalue weighted by atomic mass is 10.1. The lowest BCUT2D eigenvalue weighted by Crippen LogP contribution is -2.45. The van der Waals surface area contributed by atoms with Crippen LogP contribution in [0.3, 0.4) is 0 Å². The number of fused-ring (bicyclic) bond motifs is 1. The van der Waals surface area contributed by atoms with Crippen LogP contribution in [0.2, 0.25) is 0 Å². The van der Waals surface area contributed by atoms with Gasteiger partial charge in [0, 0.05) is 24.3 Å². The van der Waals surface area contributed by atoms with E-state index in [0.29, 0.717) is 12.4 Å². The minimum atomic E-state index is -0.245. The van der Waals surface area contributed by atoms with Gasteiger partial charge in [-0.15, -0.1) is 0 Å². The summed E-state index contributed by atoms with van der Waals surface area (Å²) in [4.78, 5) is 11.0. The first-order valence-corrected chi connectivity index (χ1v) is 11.6. The fourth-order valence-electron chi connectivity index (χ4n) is 4.86. The predicted molar refractivity (Wildman–Crippen MR) is 132 cm³/mol. The summed E-state index contributed by atoms with van der Waals surface area (Å²) in [6.07, 6.45) is 5.60. The van der Waals surface area contributed by atoms with Gasteiger partial charge in [0.1, 0.15) is 29.3 Å². The first kappa shape index (κ1) is 22.3. The fraction of sp³-hybridized carbons (Fsp3) is 0.308. The normalized spacial score (nSPS) is 16.5. The van der Waals surface area contributed by atoms with E-state index in [4.69, 9.17) is 10.5 Å². The van der Waals surface area contributed by atoms with Gasteiger partial charge in [-0.05, 0) is 49.2 Å². The maximum Gasteiger partial charge on any atom is 0.146 e. The molecule has 1 aliphatic heterocycles. The van der Waals surface area contributed by atoms with Crippen LogP contribution in [0, 0.1) is 0 Å². The Labute approximate surface area is 198 Å². The molecule has 5 rings (SSSR count). The molecular weight excluding hydrogens is 430 g/mol. The Balaban J connectivity index is 1.46. The monoisotopic (exact) mass is 459 g/mol. The molecule has 0 amide bonds. The van der Waals surface area contributed by atoms with Gasteiger partial charge in [-0.1, -0.05) is 30.3 Å². The minimum Gasteiger partial charge on any atom is -0.457 e. The highest BCUT2D eigenvalue weighted by atomic mass is 16.5. The Morgan fingerprint density at radius 2 is 1.74 bits per heavy atom. The fourth-order valence-corrected chi connectivity index (χ4v) is 4.86. The van der Waals surface area contributed by atoms with Crippen molar-refractivity contribution in [1.29, 1.82) is 0 Å². The zero-order valence-electron chi connectivity index (χ0n) is 18.9. The number of hydrogen-bond donors (Lipinski definition) is 3. The molecule has 1 fully saturated rings. The van der Waals surface area contributed by atoms with E-state index >= 15 is 0 Å². The number of aliphatic hydroxyl groups excluding tert-OH is 2. The molecular formula is C26H29N5O3. The molecule has 176 valence electrons. The molecule has 0 radical (unpaired) electrons. The molecule has 4 N–H and O–H groups in total. The molecule has 4 aromatic rings. The second-order valence-corrected chi connectivity index (χ2v) is 8.64. The number of nitrogen functional groups attached to an aromatic ring is 1. The van der Waals surface area contributed by atoms with Gasteiger partial charge < -0.3 is 25.3 Å². The smallest absolute Gasteiger partial charge is 0.146 e. The number of likely N-dealkylation sites (tertiary alicyclic amines) is 1. The summed E-state index contributed by atoms with van der Waals surface area (Å²) in [6, 6.07) is 17.5. The van der Waals surface area contributed by atoms with Crippen LogP contribution in [0.5, 0.6) is 11.5 Å². The topological polar surface area (TPSA) is 110 Å². The molecule has 2 aromatic heterocycles. The average Bonchev–Trinajstić information content (AvgIpc) is 3.47. The molecule has 8 nitrogen and oxygen atoms in total. The van der Waals surface area contributed by atoms with Crippen molar-refractivity contribution in [2.24, 2.45) is 0 Å². The van der Waals surface area contributed by atoms with Gasteiger partial charge in [-0.25, -0.2) is 9.97 Å². The predicted octanol–water partition coefficient (Wildman–Crippen LogP) is 3.29. The summed E-state index contributed by atoms with van der Waals surface area (Å²) >= 11 is 0. The van der Waals surface area contributed by atoms with E-state index in [9.17, 15) is 10.2 Å². The first-order chi connectivity index (χ1) is 16.7. The van der Waals surface area contributed by atoms with Gasteiger partial charge in [-0.2, -0.15) is 0 Å². The van der Waals surface area contributed by atoms with E-state index < -0.39 is 0 Å². The van der Waals surface area contributed by atoms with E-state index in [-0.39, 0.29) is 25.3 Å². The van der Waals surface area contributed by atoms with E-state index in [1.165, 1.54) is 6.33 Å². The summed E-state index contributed by atoms with van der Waals surface area (Å²) in [5, 5.41) is 20.2. The van der Waals surface area contributed by atoms with Gasteiger partial charge in [0.25, 0.3) is 0 Å². The molecule has 1 atom stereocenters. The minimum absolute atomic E-state index is 0.0583. The number of para-hydroxylation sites is 1. The lowest BCUT2D eigenvalue weighted by molar-refractivity contribution is 0.0610. The Morgan fingerprint density at radius 1 is 1.00 bits per heavy atom. The van der Waals surface area contributed by atoms with E-state index in [1.807, 2.05) is 54.6 Å². The van der Waals surface area contributed by atoms with Gasteiger partial charge in [0.2, 0.25) is 0 Å². The highest BCUT2D eigenvalue weighted by molar-refractivity contribution is 6.00. The molecule has 34 heavy (non-hydrogen) atoms. The zero-order valence-corrected chi connectivity index (χ0v) is 18.9. The lowest BCUT2D eigenvalue weighted by Gasteiger charge is -2.31. The van der Waals surface area contributed by atoms with Crippen LogP contribution >= 0.6 is 0 Å². The summed E-state index contributed by atoms with van der Waals surface area (Å²) < 4.78 is 8.05. The summed E-state index contributed by atoms with van der Waals surface area (Å²) in [7, 11) is 0.